The van der Waals surface area contributed by atoms with Crippen molar-refractivity contribution in [2.75, 3.05) is 13.2 Å². The van der Waals surface area contributed by atoms with Gasteiger partial charge < -0.3 is 35.6 Å². The molecule has 15 heteroatoms. The van der Waals surface area contributed by atoms with Gasteiger partial charge in [0.15, 0.2) is 0 Å². The molecule has 8 atom stereocenters. The van der Waals surface area contributed by atoms with Crippen molar-refractivity contribution in [3.63, 3.8) is 0 Å². The minimum atomic E-state index is -0.845. The van der Waals surface area contributed by atoms with Gasteiger partial charge in [0.2, 0.25) is 11.8 Å². The summed E-state index contributed by atoms with van der Waals surface area (Å²) in [5, 5.41) is 41.4. The normalized spacial score (nSPS) is 38.4. The Kier molecular flexibility index (Phi) is 8.40. The smallest absolute Gasteiger partial charge is 0.327 e. The van der Waals surface area contributed by atoms with Crippen LogP contribution >= 0.6 is 0 Å². The summed E-state index contributed by atoms with van der Waals surface area (Å²) in [6, 6.07) is -1.42. The molecule has 0 spiro atoms. The maximum Gasteiger partial charge on any atom is 0.327 e. The van der Waals surface area contributed by atoms with Crippen molar-refractivity contribution in [3.05, 3.63) is 0 Å². The van der Waals surface area contributed by atoms with Crippen LogP contribution in [-0.2, 0) is 19.1 Å². The highest BCUT2D eigenvalue weighted by Gasteiger charge is 2.44. The quantitative estimate of drug-likeness (QED) is 0.205. The second-order valence-corrected chi connectivity index (χ2v) is 8.58. The molecule has 8 N–H and O–H groups in total. The van der Waals surface area contributed by atoms with Gasteiger partial charge in [-0.2, -0.15) is 0 Å². The fourth-order valence-electron chi connectivity index (χ4n) is 4.33. The summed E-state index contributed by atoms with van der Waals surface area (Å²) >= 11 is 0. The van der Waals surface area contributed by atoms with Crippen molar-refractivity contribution >= 4 is 23.9 Å². The molecular formula is C19H31N5O10. The molecule has 0 radical (unpaired) electrons. The third kappa shape index (κ3) is 5.63. The van der Waals surface area contributed by atoms with Crippen LogP contribution in [0.25, 0.3) is 0 Å². The van der Waals surface area contributed by atoms with E-state index in [1.807, 2.05) is 0 Å². The van der Waals surface area contributed by atoms with Crippen molar-refractivity contribution in [1.82, 2.24) is 20.4 Å². The molecular weight excluding hydrogens is 458 g/mol. The number of nitrogens with two attached hydrogens (primary N) is 1. The number of hydrogen-bond donors (Lipinski definition) is 7. The predicted octanol–water partition coefficient (Wildman–Crippen LogP) is -3.53. The SMILES string of the molecule is CC1CC(=O)NC(=O)N1C1CC(O)C(CO)O1.NC1CC(=O)NC(=O)N1C1CC(O)C(CO)O1. The molecule has 8 unspecified atom stereocenters. The lowest BCUT2D eigenvalue weighted by Gasteiger charge is -2.36. The zero-order valence-electron chi connectivity index (χ0n) is 18.6. The number of imide groups is 2. The second-order valence-electron chi connectivity index (χ2n) is 8.58. The molecule has 34 heavy (non-hydrogen) atoms. The fourth-order valence-corrected chi connectivity index (χ4v) is 4.33. The standard InChI is InChI=1S/C10H16N2O5.C9H15N3O5/c1-5-2-8(15)11-10(16)12(5)9-3-6(14)7(4-13)17-9;10-6-2-7(15)11-9(16)12(6)8-1-4(14)5(3-13)17-8/h5-7,9,13-14H,2-4H2,1H3,(H,11,15,16);4-6,8,13-14H,1-3,10H2,(H,11,15,16). The van der Waals surface area contributed by atoms with Crippen molar-refractivity contribution < 1.29 is 49.1 Å². The highest BCUT2D eigenvalue weighted by molar-refractivity contribution is 5.97. The number of nitrogens with one attached hydrogen (secondary N) is 2. The second kappa shape index (κ2) is 10.9. The summed E-state index contributed by atoms with van der Waals surface area (Å²) in [6.07, 6.45) is -4.49. The first-order chi connectivity index (χ1) is 16.0. The Morgan fingerprint density at radius 2 is 1.29 bits per heavy atom. The Bertz CT molecular complexity index is 735. The van der Waals surface area contributed by atoms with Crippen LogP contribution in [0.4, 0.5) is 9.59 Å². The van der Waals surface area contributed by atoms with Crippen molar-refractivity contribution in [2.24, 2.45) is 5.73 Å². The predicted molar refractivity (Wildman–Crippen MR) is 110 cm³/mol. The maximum atomic E-state index is 11.7. The minimum absolute atomic E-state index is 0.00845. The first-order valence-corrected chi connectivity index (χ1v) is 10.9. The first-order valence-electron chi connectivity index (χ1n) is 10.9. The number of amides is 6. The zero-order valence-corrected chi connectivity index (χ0v) is 18.6. The molecule has 4 saturated heterocycles. The van der Waals surface area contributed by atoms with Gasteiger partial charge in [-0.05, 0) is 6.92 Å². The van der Waals surface area contributed by atoms with E-state index in [1.165, 1.54) is 9.80 Å². The molecule has 0 aromatic rings. The molecule has 4 rings (SSSR count). The number of nitrogens with zero attached hydrogens (tertiary/aromatic N) is 2. The molecule has 6 amide bonds. The van der Waals surface area contributed by atoms with E-state index in [0.29, 0.717) is 0 Å². The Morgan fingerprint density at radius 1 is 0.853 bits per heavy atom. The van der Waals surface area contributed by atoms with Crippen LogP contribution in [0.5, 0.6) is 0 Å². The monoisotopic (exact) mass is 489 g/mol. The molecule has 0 aliphatic carbocycles. The van der Waals surface area contributed by atoms with E-state index in [0.717, 1.165) is 0 Å². The van der Waals surface area contributed by atoms with Crippen molar-refractivity contribution in [2.45, 2.75) is 81.7 Å². The van der Waals surface area contributed by atoms with Crippen LogP contribution in [0, 0.1) is 0 Å². The Balaban J connectivity index is 0.000000191. The lowest BCUT2D eigenvalue weighted by Crippen LogP contribution is -2.61. The van der Waals surface area contributed by atoms with Gasteiger partial charge in [-0.15, -0.1) is 0 Å². The largest absolute Gasteiger partial charge is 0.394 e. The van der Waals surface area contributed by atoms with E-state index >= 15 is 0 Å². The Morgan fingerprint density at radius 3 is 1.71 bits per heavy atom. The number of carbonyl (C=O) groups is 4. The molecule has 4 heterocycles. The van der Waals surface area contributed by atoms with Crippen LogP contribution < -0.4 is 16.4 Å². The highest BCUT2D eigenvalue weighted by atomic mass is 16.6. The van der Waals surface area contributed by atoms with E-state index in [-0.39, 0.29) is 50.8 Å². The molecule has 192 valence electrons. The maximum absolute atomic E-state index is 11.7. The number of rotatable bonds is 4. The number of urea groups is 2. The topological polar surface area (TPSA) is 224 Å². The molecule has 0 aromatic heterocycles. The summed E-state index contributed by atoms with van der Waals surface area (Å²) in [6.45, 7) is 1.13. The van der Waals surface area contributed by atoms with Gasteiger partial charge in [0, 0.05) is 25.3 Å². The van der Waals surface area contributed by atoms with Gasteiger partial charge in [0.25, 0.3) is 0 Å². The van der Waals surface area contributed by atoms with E-state index in [1.54, 1.807) is 6.92 Å². The van der Waals surface area contributed by atoms with Crippen molar-refractivity contribution in [1.29, 1.82) is 0 Å². The number of carbonyl (C=O) groups excluding carboxylic acids is 4. The Labute approximate surface area is 194 Å². The number of ether oxygens (including phenoxy) is 2. The highest BCUT2D eigenvalue weighted by Crippen LogP contribution is 2.27. The number of hydrogen-bond acceptors (Lipinski definition) is 11. The van der Waals surface area contributed by atoms with Gasteiger partial charge >= 0.3 is 12.1 Å². The van der Waals surface area contributed by atoms with Gasteiger partial charge in [0.1, 0.15) is 24.7 Å². The lowest BCUT2D eigenvalue weighted by atomic mass is 10.1. The average molecular weight is 489 g/mol. The van der Waals surface area contributed by atoms with Crippen molar-refractivity contribution in [3.8, 4) is 0 Å². The summed E-state index contributed by atoms with van der Waals surface area (Å²) < 4.78 is 10.7. The fraction of sp³-hybridized carbons (Fsp3) is 0.789. The van der Waals surface area contributed by atoms with Gasteiger partial charge in [-0.1, -0.05) is 0 Å². The van der Waals surface area contributed by atoms with E-state index in [2.05, 4.69) is 10.6 Å². The molecule has 4 aliphatic rings. The molecule has 4 aliphatic heterocycles. The molecule has 15 nitrogen and oxygen atoms in total. The van der Waals surface area contributed by atoms with Crippen LogP contribution in [0.2, 0.25) is 0 Å². The van der Waals surface area contributed by atoms with E-state index in [4.69, 9.17) is 25.4 Å². The molecule has 0 bridgehead atoms. The summed E-state index contributed by atoms with van der Waals surface area (Å²) in [4.78, 5) is 48.1. The number of aliphatic hydroxyl groups excluding tert-OH is 4. The molecule has 4 fully saturated rings. The minimum Gasteiger partial charge on any atom is -0.394 e. The zero-order chi connectivity index (χ0) is 25.2. The Hall–Kier alpha value is -2.40. The average Bonchev–Trinajstić information content (AvgIpc) is 3.28. The molecule has 0 saturated carbocycles. The summed E-state index contributed by atoms with van der Waals surface area (Å²) in [5.41, 5.74) is 5.69. The summed E-state index contributed by atoms with van der Waals surface area (Å²) in [7, 11) is 0. The van der Waals surface area contributed by atoms with Gasteiger partial charge in [-0.25, -0.2) is 9.59 Å². The first kappa shape index (κ1) is 26.2. The van der Waals surface area contributed by atoms with Crippen LogP contribution in [-0.4, -0.2) is 116 Å². The van der Waals surface area contributed by atoms with E-state index < -0.39 is 61.0 Å². The third-order valence-corrected chi connectivity index (χ3v) is 6.06. The van der Waals surface area contributed by atoms with Crippen LogP contribution in [0.1, 0.15) is 32.6 Å². The molecule has 0 aromatic carbocycles. The number of aliphatic hydroxyl groups is 4. The third-order valence-electron chi connectivity index (χ3n) is 6.06. The summed E-state index contributed by atoms with van der Waals surface area (Å²) in [5.74, 6) is -0.744. The van der Waals surface area contributed by atoms with Crippen LogP contribution in [0.3, 0.4) is 0 Å². The van der Waals surface area contributed by atoms with Crippen LogP contribution in [0.15, 0.2) is 0 Å². The van der Waals surface area contributed by atoms with Gasteiger partial charge in [0.05, 0.1) is 38.0 Å². The lowest BCUT2D eigenvalue weighted by molar-refractivity contribution is -0.127. The van der Waals surface area contributed by atoms with Gasteiger partial charge in [-0.3, -0.25) is 30.0 Å². The van der Waals surface area contributed by atoms with E-state index in [9.17, 15) is 29.4 Å².